The molecule has 2 aliphatic heterocycles. The molecule has 6 heteroatoms. The van der Waals surface area contributed by atoms with Crippen molar-refractivity contribution in [3.05, 3.63) is 46.8 Å². The van der Waals surface area contributed by atoms with E-state index in [-0.39, 0.29) is 5.91 Å². The summed E-state index contributed by atoms with van der Waals surface area (Å²) in [6, 6.07) is 9.09. The third kappa shape index (κ3) is 4.38. The van der Waals surface area contributed by atoms with Crippen LogP contribution in [0.15, 0.2) is 28.8 Å². The minimum Gasteiger partial charge on any atom is -0.384 e. The van der Waals surface area contributed by atoms with Gasteiger partial charge >= 0.3 is 0 Å². The number of para-hydroxylation sites is 1. The summed E-state index contributed by atoms with van der Waals surface area (Å²) in [5.74, 6) is 0.752. The van der Waals surface area contributed by atoms with Crippen LogP contribution in [0.25, 0.3) is 0 Å². The molecule has 1 aromatic carbocycles. The van der Waals surface area contributed by atoms with Crippen molar-refractivity contribution in [3.8, 4) is 0 Å². The fourth-order valence-corrected chi connectivity index (χ4v) is 4.90. The lowest BCUT2D eigenvalue weighted by atomic mass is 10.0. The van der Waals surface area contributed by atoms with E-state index in [0.717, 1.165) is 42.8 Å². The maximum atomic E-state index is 13.5. The number of benzene rings is 1. The van der Waals surface area contributed by atoms with Gasteiger partial charge in [-0.2, -0.15) is 0 Å². The first-order valence-corrected chi connectivity index (χ1v) is 11.2. The molecule has 2 atom stereocenters. The summed E-state index contributed by atoms with van der Waals surface area (Å²) >= 11 is 0. The van der Waals surface area contributed by atoms with Crippen LogP contribution in [-0.4, -0.2) is 53.1 Å². The van der Waals surface area contributed by atoms with Crippen LogP contribution in [0.1, 0.15) is 60.5 Å². The molecule has 1 fully saturated rings. The van der Waals surface area contributed by atoms with Gasteiger partial charge in [0, 0.05) is 43.5 Å². The minimum absolute atomic E-state index is 0.0685. The standard InChI is InChI=1S/C24H34N4O2/c1-16(2)12-19-13-22(30-26-19)24(29)28-14-18-7-5-6-17(3)23(18)25-11-10-20-8-9-21(15-28)27(20)4/h5-7,13,16,20-21,25H,8-12,14-15H2,1-4H3. The molecule has 0 aliphatic carbocycles. The van der Waals surface area contributed by atoms with E-state index in [1.165, 1.54) is 12.0 Å². The fraction of sp³-hybridized carbons (Fsp3) is 0.583. The van der Waals surface area contributed by atoms with Gasteiger partial charge in [-0.25, -0.2) is 0 Å². The molecule has 2 unspecified atom stereocenters. The molecule has 30 heavy (non-hydrogen) atoms. The number of aryl methyl sites for hydroxylation is 1. The number of fused-ring (bicyclic) bond motifs is 3. The van der Waals surface area contributed by atoms with Gasteiger partial charge in [-0.1, -0.05) is 37.2 Å². The Balaban J connectivity index is 1.65. The van der Waals surface area contributed by atoms with E-state index in [2.05, 4.69) is 61.4 Å². The highest BCUT2D eigenvalue weighted by atomic mass is 16.5. The maximum Gasteiger partial charge on any atom is 0.292 e. The van der Waals surface area contributed by atoms with Crippen LogP contribution >= 0.6 is 0 Å². The largest absolute Gasteiger partial charge is 0.384 e. The van der Waals surface area contributed by atoms with Crippen LogP contribution < -0.4 is 5.32 Å². The number of carbonyl (C=O) groups excluding carboxylic acids is 1. The van der Waals surface area contributed by atoms with Crippen molar-refractivity contribution in [1.29, 1.82) is 0 Å². The molecule has 0 saturated carbocycles. The summed E-state index contributed by atoms with van der Waals surface area (Å²) in [7, 11) is 2.20. The van der Waals surface area contributed by atoms with Crippen molar-refractivity contribution in [3.63, 3.8) is 0 Å². The van der Waals surface area contributed by atoms with Crippen LogP contribution in [0, 0.1) is 12.8 Å². The lowest BCUT2D eigenvalue weighted by Gasteiger charge is -2.30. The smallest absolute Gasteiger partial charge is 0.292 e. The number of nitrogens with zero attached hydrogens (tertiary/aromatic N) is 3. The van der Waals surface area contributed by atoms with Crippen molar-refractivity contribution < 1.29 is 9.32 Å². The lowest BCUT2D eigenvalue weighted by Crippen LogP contribution is -2.43. The van der Waals surface area contributed by atoms with E-state index in [1.807, 2.05) is 11.0 Å². The molecule has 0 spiro atoms. The minimum atomic E-state index is -0.0685. The van der Waals surface area contributed by atoms with E-state index < -0.39 is 0 Å². The Morgan fingerprint density at radius 3 is 2.87 bits per heavy atom. The zero-order valence-electron chi connectivity index (χ0n) is 18.6. The number of rotatable bonds is 3. The van der Waals surface area contributed by atoms with E-state index in [9.17, 15) is 4.79 Å². The average molecular weight is 411 g/mol. The van der Waals surface area contributed by atoms with Crippen LogP contribution in [0.5, 0.6) is 0 Å². The molecule has 162 valence electrons. The topological polar surface area (TPSA) is 61.6 Å². The first kappa shape index (κ1) is 20.9. The van der Waals surface area contributed by atoms with Gasteiger partial charge in [0.25, 0.3) is 5.91 Å². The molecule has 3 heterocycles. The molecular formula is C24H34N4O2. The monoisotopic (exact) mass is 410 g/mol. The number of hydrogen-bond donors (Lipinski definition) is 1. The van der Waals surface area contributed by atoms with Crippen LogP contribution in [-0.2, 0) is 13.0 Å². The third-order valence-electron chi connectivity index (χ3n) is 6.59. The number of anilines is 1. The van der Waals surface area contributed by atoms with Gasteiger partial charge in [-0.15, -0.1) is 0 Å². The SMILES string of the molecule is Cc1cccc2c1NCCC1CCC(CN(C(=O)c3cc(CC(C)C)no3)C2)N1C. The summed E-state index contributed by atoms with van der Waals surface area (Å²) in [4.78, 5) is 17.9. The number of hydrogen-bond acceptors (Lipinski definition) is 5. The van der Waals surface area contributed by atoms with Crippen LogP contribution in [0.4, 0.5) is 5.69 Å². The van der Waals surface area contributed by atoms with Crippen molar-refractivity contribution in [2.75, 3.05) is 25.5 Å². The fourth-order valence-electron chi connectivity index (χ4n) is 4.90. The van der Waals surface area contributed by atoms with Crippen LogP contribution in [0.2, 0.25) is 0 Å². The summed E-state index contributed by atoms with van der Waals surface area (Å²) in [6.45, 7) is 8.64. The Morgan fingerprint density at radius 2 is 2.07 bits per heavy atom. The predicted octanol–water partition coefficient (Wildman–Crippen LogP) is 4.10. The summed E-state index contributed by atoms with van der Waals surface area (Å²) < 4.78 is 5.48. The first-order valence-electron chi connectivity index (χ1n) is 11.2. The van der Waals surface area contributed by atoms with E-state index in [4.69, 9.17) is 4.52 Å². The molecule has 0 radical (unpaired) electrons. The molecule has 2 bridgehead atoms. The van der Waals surface area contributed by atoms with E-state index in [1.54, 1.807) is 0 Å². The summed E-state index contributed by atoms with van der Waals surface area (Å²) in [5, 5.41) is 7.80. The second-order valence-corrected chi connectivity index (χ2v) is 9.34. The van der Waals surface area contributed by atoms with Gasteiger partial charge in [-0.3, -0.25) is 9.69 Å². The maximum absolute atomic E-state index is 13.5. The van der Waals surface area contributed by atoms with Crippen molar-refractivity contribution >= 4 is 11.6 Å². The van der Waals surface area contributed by atoms with E-state index in [0.29, 0.717) is 36.9 Å². The van der Waals surface area contributed by atoms with Crippen molar-refractivity contribution in [1.82, 2.24) is 15.0 Å². The molecule has 2 aromatic rings. The van der Waals surface area contributed by atoms with Crippen molar-refractivity contribution in [2.45, 2.75) is 65.1 Å². The molecule has 1 N–H and O–H groups in total. The van der Waals surface area contributed by atoms with Gasteiger partial charge in [0.2, 0.25) is 5.76 Å². The Morgan fingerprint density at radius 1 is 1.27 bits per heavy atom. The zero-order valence-corrected chi connectivity index (χ0v) is 18.6. The van der Waals surface area contributed by atoms with Gasteiger partial charge in [0.1, 0.15) is 0 Å². The van der Waals surface area contributed by atoms with Crippen LogP contribution in [0.3, 0.4) is 0 Å². The number of carbonyl (C=O) groups is 1. The highest BCUT2D eigenvalue weighted by molar-refractivity contribution is 5.91. The quantitative estimate of drug-likeness (QED) is 0.825. The van der Waals surface area contributed by atoms with Gasteiger partial charge in [-0.05, 0) is 56.7 Å². The Labute approximate surface area is 179 Å². The lowest BCUT2D eigenvalue weighted by molar-refractivity contribution is 0.0648. The Kier molecular flexibility index (Phi) is 6.14. The molecule has 1 aromatic heterocycles. The normalized spacial score (nSPS) is 22.5. The predicted molar refractivity (Wildman–Crippen MR) is 119 cm³/mol. The second-order valence-electron chi connectivity index (χ2n) is 9.34. The van der Waals surface area contributed by atoms with Gasteiger partial charge < -0.3 is 14.7 Å². The second kappa shape index (κ2) is 8.80. The molecule has 1 amide bonds. The van der Waals surface area contributed by atoms with Gasteiger partial charge in [0.05, 0.1) is 5.69 Å². The average Bonchev–Trinajstić information content (AvgIpc) is 3.28. The molecular weight excluding hydrogens is 376 g/mol. The molecule has 6 nitrogen and oxygen atoms in total. The highest BCUT2D eigenvalue weighted by Crippen LogP contribution is 2.30. The zero-order chi connectivity index (χ0) is 21.3. The summed E-state index contributed by atoms with van der Waals surface area (Å²) in [6.07, 6.45) is 4.25. The molecule has 1 saturated heterocycles. The third-order valence-corrected chi connectivity index (χ3v) is 6.59. The highest BCUT2D eigenvalue weighted by Gasteiger charge is 2.34. The molecule has 2 aliphatic rings. The number of nitrogens with one attached hydrogen (secondary N) is 1. The number of likely N-dealkylation sites (N-methyl/N-ethyl adjacent to an activating group) is 1. The summed E-state index contributed by atoms with van der Waals surface area (Å²) in [5.41, 5.74) is 4.39. The first-order chi connectivity index (χ1) is 14.4. The molecule has 4 rings (SSSR count). The van der Waals surface area contributed by atoms with Gasteiger partial charge in [0.15, 0.2) is 0 Å². The van der Waals surface area contributed by atoms with E-state index >= 15 is 0 Å². The Hall–Kier alpha value is -2.34. The number of amides is 1. The Bertz CT molecular complexity index is 891. The number of aromatic nitrogens is 1. The van der Waals surface area contributed by atoms with Crippen molar-refractivity contribution in [2.24, 2.45) is 5.92 Å².